The highest BCUT2D eigenvalue weighted by atomic mass is 33.1. The highest BCUT2D eigenvalue weighted by molar-refractivity contribution is 8.76. The third-order valence-electron chi connectivity index (χ3n) is 4.71. The molecule has 3 rings (SSSR count). The number of nitrogens with one attached hydrogen (secondary N) is 1. The van der Waals surface area contributed by atoms with Gasteiger partial charge in [-0.1, -0.05) is 21.6 Å². The van der Waals surface area contributed by atoms with Crippen LogP contribution in [0.15, 0.2) is 6.33 Å². The van der Waals surface area contributed by atoms with Crippen molar-refractivity contribution >= 4 is 74.1 Å². The lowest BCUT2D eigenvalue weighted by Crippen LogP contribution is -2.27. The molecule has 1 amide bonds. The molecule has 3 heterocycles. The zero-order valence-electron chi connectivity index (χ0n) is 20.4. The summed E-state index contributed by atoms with van der Waals surface area (Å²) in [7, 11) is -14.0. The Morgan fingerprint density at radius 3 is 2.67 bits per heavy atom. The lowest BCUT2D eigenvalue weighted by Gasteiger charge is -2.26. The number of phosphoric acid groups is 3. The van der Waals surface area contributed by atoms with Crippen LogP contribution in [-0.2, 0) is 36.3 Å². The molecule has 20 nitrogen and oxygen atoms in total. The summed E-state index contributed by atoms with van der Waals surface area (Å²) in [6, 6.07) is 0. The topological polar surface area (TPSA) is 300 Å². The standard InChI is InChI=1S/C15H25N6O14P3S2/c1-7(5-40-39-2)32-15(23)19-12-11-13(20-14(16)18-12)21(6-17-11)10-3-8(22)9(33-10)4-31-37(27,28)35-38(29,30)34-36(24,25)26/h6-10,22H,3-5H2,1-2H3,(H,27,28)(H,29,30)(H2,24,25,26)(H3,16,18,19,20,23)/p-1/t7?,8?,9-,10-/m1/s1. The maximum absolute atomic E-state index is 12.3. The van der Waals surface area contributed by atoms with Gasteiger partial charge in [-0.25, -0.2) is 23.2 Å². The Morgan fingerprint density at radius 1 is 1.32 bits per heavy atom. The third kappa shape index (κ3) is 9.60. The molecule has 25 heteroatoms. The molecule has 2 aromatic rings. The van der Waals surface area contributed by atoms with E-state index in [-0.39, 0.29) is 29.4 Å². The van der Waals surface area contributed by atoms with E-state index in [9.17, 15) is 33.4 Å². The maximum atomic E-state index is 12.3. The number of aromatic nitrogens is 4. The molecule has 0 aromatic carbocycles. The Kier molecular flexibility index (Phi) is 11.0. The van der Waals surface area contributed by atoms with Gasteiger partial charge >= 0.3 is 21.7 Å². The van der Waals surface area contributed by atoms with Crippen molar-refractivity contribution in [1.29, 1.82) is 0 Å². The smallest absolute Gasteiger partial charge is 0.487 e. The van der Waals surface area contributed by atoms with Crippen molar-refractivity contribution in [2.24, 2.45) is 0 Å². The van der Waals surface area contributed by atoms with Crippen LogP contribution in [0, 0.1) is 0 Å². The summed E-state index contributed by atoms with van der Waals surface area (Å²) >= 11 is 0. The van der Waals surface area contributed by atoms with Crippen molar-refractivity contribution in [2.75, 3.05) is 29.7 Å². The molecule has 4 unspecified atom stereocenters. The molecule has 6 atom stereocenters. The van der Waals surface area contributed by atoms with Crippen LogP contribution >= 0.6 is 45.1 Å². The number of nitrogens with two attached hydrogens (primary N) is 1. The number of carbonyl (C=O) groups is 1. The number of aliphatic hydroxyl groups is 1. The number of nitrogen functional groups attached to an aromatic ring is 1. The number of carbonyl (C=O) groups excluding carboxylic acids is 1. The van der Waals surface area contributed by atoms with E-state index in [1.54, 1.807) is 6.92 Å². The second kappa shape index (κ2) is 13.3. The molecule has 1 fully saturated rings. The van der Waals surface area contributed by atoms with E-state index in [1.165, 1.54) is 32.5 Å². The van der Waals surface area contributed by atoms with Gasteiger partial charge in [0.05, 0.1) is 19.0 Å². The van der Waals surface area contributed by atoms with E-state index >= 15 is 0 Å². The number of rotatable bonds is 13. The summed E-state index contributed by atoms with van der Waals surface area (Å²) in [5.41, 5.74) is 5.96. The Hall–Kier alpha value is -1.35. The van der Waals surface area contributed by atoms with Crippen molar-refractivity contribution in [2.45, 2.75) is 37.9 Å². The van der Waals surface area contributed by atoms with Gasteiger partial charge in [0, 0.05) is 12.2 Å². The molecule has 1 aliphatic rings. The highest BCUT2D eigenvalue weighted by Gasteiger charge is 2.40. The van der Waals surface area contributed by atoms with Gasteiger partial charge in [-0.05, 0) is 13.2 Å². The average molecular weight is 669 g/mol. The van der Waals surface area contributed by atoms with E-state index in [4.69, 9.17) is 25.0 Å². The van der Waals surface area contributed by atoms with Crippen molar-refractivity contribution < 1.29 is 65.8 Å². The molecule has 40 heavy (non-hydrogen) atoms. The Bertz CT molecular complexity index is 1360. The molecule has 0 saturated carbocycles. The number of phosphoric ester groups is 1. The van der Waals surface area contributed by atoms with Crippen LogP contribution in [0.4, 0.5) is 16.6 Å². The van der Waals surface area contributed by atoms with Gasteiger partial charge in [-0.15, -0.1) is 0 Å². The first kappa shape index (κ1) is 33.2. The zero-order valence-corrected chi connectivity index (χ0v) is 24.7. The van der Waals surface area contributed by atoms with Gasteiger partial charge in [-0.3, -0.25) is 14.4 Å². The van der Waals surface area contributed by atoms with Crippen molar-refractivity contribution in [3.63, 3.8) is 0 Å². The monoisotopic (exact) mass is 669 g/mol. The van der Waals surface area contributed by atoms with E-state index in [1.807, 2.05) is 6.26 Å². The quantitative estimate of drug-likeness (QED) is 0.126. The molecule has 7 N–H and O–H groups in total. The maximum Gasteiger partial charge on any atom is 0.487 e. The number of anilines is 2. The summed E-state index contributed by atoms with van der Waals surface area (Å²) in [5, 5.41) is 12.8. The van der Waals surface area contributed by atoms with Crippen LogP contribution < -0.4 is 15.9 Å². The molecule has 0 spiro atoms. The SMILES string of the molecule is CSSCC(C)OC(=O)Nc1nc(N)nc2c1ncn2[C@H]1CC(O)[C@@H](COP(=O)([O-])OP(=O)(O)OP(=O)(O)O)O1. The van der Waals surface area contributed by atoms with Crippen LogP contribution in [-0.4, -0.2) is 82.3 Å². The van der Waals surface area contributed by atoms with E-state index in [0.29, 0.717) is 5.75 Å². The first-order valence-corrected chi connectivity index (χ1v) is 17.9. The normalized spacial score (nSPS) is 23.4. The number of imidazole rings is 1. The molecule has 1 aliphatic heterocycles. The first-order chi connectivity index (χ1) is 18.5. The van der Waals surface area contributed by atoms with E-state index < -0.39 is 60.7 Å². The van der Waals surface area contributed by atoms with Gasteiger partial charge in [0.2, 0.25) is 5.95 Å². The predicted octanol–water partition coefficient (Wildman–Crippen LogP) is 0.716. The number of nitrogens with zero attached hydrogens (tertiary/aromatic N) is 4. The van der Waals surface area contributed by atoms with Gasteiger partial charge in [0.15, 0.2) is 17.0 Å². The third-order valence-corrected chi connectivity index (χ3v) is 10.4. The predicted molar refractivity (Wildman–Crippen MR) is 137 cm³/mol. The van der Waals surface area contributed by atoms with E-state index in [2.05, 4.69) is 33.4 Å². The summed E-state index contributed by atoms with van der Waals surface area (Å²) in [6.45, 7) is 0.782. The molecule has 1 saturated heterocycles. The number of aliphatic hydroxyl groups excluding tert-OH is 1. The second-order valence-corrected chi connectivity index (χ2v) is 14.8. The fourth-order valence-electron chi connectivity index (χ4n) is 3.24. The lowest BCUT2D eigenvalue weighted by atomic mass is 10.2. The van der Waals surface area contributed by atoms with Gasteiger partial charge in [0.1, 0.15) is 18.4 Å². The van der Waals surface area contributed by atoms with Crippen LogP contribution in [0.2, 0.25) is 0 Å². The van der Waals surface area contributed by atoms with Gasteiger partial charge < -0.3 is 44.4 Å². The summed E-state index contributed by atoms with van der Waals surface area (Å²) in [6.07, 6.45) is -1.88. The van der Waals surface area contributed by atoms with Crippen molar-refractivity contribution in [1.82, 2.24) is 19.5 Å². The number of hydrogen-bond acceptors (Lipinski definition) is 17. The first-order valence-electron chi connectivity index (χ1n) is 10.7. The van der Waals surface area contributed by atoms with Crippen molar-refractivity contribution in [3.8, 4) is 0 Å². The molecular formula is C15H24N6O14P3S2-. The summed E-state index contributed by atoms with van der Waals surface area (Å²) in [5.74, 6) is 0.236. The molecular weight excluding hydrogens is 645 g/mol. The van der Waals surface area contributed by atoms with Crippen LogP contribution in [0.1, 0.15) is 19.6 Å². The summed E-state index contributed by atoms with van der Waals surface area (Å²) < 4.78 is 57.7. The second-order valence-electron chi connectivity index (χ2n) is 7.84. The highest BCUT2D eigenvalue weighted by Crippen LogP contribution is 2.65. The number of ether oxygens (including phenoxy) is 2. The van der Waals surface area contributed by atoms with Crippen molar-refractivity contribution in [3.05, 3.63) is 6.33 Å². The lowest BCUT2D eigenvalue weighted by molar-refractivity contribution is -0.221. The molecule has 0 aliphatic carbocycles. The minimum absolute atomic E-state index is 0.0650. The Labute approximate surface area is 233 Å². The molecule has 2 aromatic heterocycles. The largest absolute Gasteiger partial charge is 0.756 e. The van der Waals surface area contributed by atoms with Gasteiger partial charge in [0.25, 0.3) is 7.82 Å². The molecule has 0 bridgehead atoms. The Morgan fingerprint density at radius 2 is 2.02 bits per heavy atom. The average Bonchev–Trinajstić information content (AvgIpc) is 3.36. The molecule has 226 valence electrons. The van der Waals surface area contributed by atoms with Crippen LogP contribution in [0.5, 0.6) is 0 Å². The fourth-order valence-corrected chi connectivity index (χ4v) is 7.61. The fraction of sp³-hybridized carbons (Fsp3) is 0.600. The minimum atomic E-state index is -5.77. The Balaban J connectivity index is 1.68. The van der Waals surface area contributed by atoms with Crippen LogP contribution in [0.25, 0.3) is 11.2 Å². The van der Waals surface area contributed by atoms with Gasteiger partial charge in [-0.2, -0.15) is 14.3 Å². The van der Waals surface area contributed by atoms with Crippen LogP contribution in [0.3, 0.4) is 0 Å². The number of fused-ring (bicyclic) bond motifs is 1. The zero-order chi connectivity index (χ0) is 29.9. The number of hydrogen-bond donors (Lipinski definition) is 6. The summed E-state index contributed by atoms with van der Waals surface area (Å²) in [4.78, 5) is 62.7. The molecule has 0 radical (unpaired) electrons. The minimum Gasteiger partial charge on any atom is -0.756 e. The number of amides is 1. The van der Waals surface area contributed by atoms with E-state index in [0.717, 1.165) is 0 Å².